The van der Waals surface area contributed by atoms with Gasteiger partial charge in [0.1, 0.15) is 0 Å². The number of urea groups is 1. The van der Waals surface area contributed by atoms with Crippen LogP contribution in [0.5, 0.6) is 0 Å². The van der Waals surface area contributed by atoms with E-state index < -0.39 is 0 Å². The highest BCUT2D eigenvalue weighted by molar-refractivity contribution is 5.74. The van der Waals surface area contributed by atoms with Crippen LogP contribution in [-0.4, -0.2) is 61.9 Å². The molecule has 6 heteroatoms. The predicted octanol–water partition coefficient (Wildman–Crippen LogP) is 2.66. The summed E-state index contributed by atoms with van der Waals surface area (Å²) in [7, 11) is 0. The summed E-state index contributed by atoms with van der Waals surface area (Å²) < 4.78 is 5.59. The summed E-state index contributed by atoms with van der Waals surface area (Å²) in [6.07, 6.45) is 5.50. The number of hydrogen-bond donors (Lipinski definition) is 1. The summed E-state index contributed by atoms with van der Waals surface area (Å²) in [5, 5.41) is 3.22. The average Bonchev–Trinajstić information content (AvgIpc) is 2.79. The van der Waals surface area contributed by atoms with Gasteiger partial charge in [-0.1, -0.05) is 30.3 Å². The quantitative estimate of drug-likeness (QED) is 0.886. The number of ether oxygens (including phenoxy) is 1. The van der Waals surface area contributed by atoms with Crippen LogP contribution < -0.4 is 10.2 Å². The number of piperazine rings is 1. The lowest BCUT2D eigenvalue weighted by atomic mass is 9.74. The molecular weight excluding hydrogens is 352 g/mol. The Bertz CT molecular complexity index is 755. The number of amides is 2. The van der Waals surface area contributed by atoms with Gasteiger partial charge in [0.2, 0.25) is 0 Å². The summed E-state index contributed by atoms with van der Waals surface area (Å²) in [6.45, 7) is 5.30. The molecule has 0 aliphatic carbocycles. The minimum atomic E-state index is -0.0337. The topological polar surface area (TPSA) is 57.7 Å². The second-order valence-corrected chi connectivity index (χ2v) is 7.60. The zero-order valence-corrected chi connectivity index (χ0v) is 16.2. The maximum Gasteiger partial charge on any atom is 0.317 e. The molecule has 2 saturated heterocycles. The van der Waals surface area contributed by atoms with Crippen LogP contribution in [0.15, 0.2) is 54.9 Å². The molecule has 0 unspecified atom stereocenters. The lowest BCUT2D eigenvalue weighted by molar-refractivity contribution is 0.0501. The van der Waals surface area contributed by atoms with E-state index in [9.17, 15) is 4.79 Å². The fraction of sp³-hybridized carbons (Fsp3) is 0.455. The van der Waals surface area contributed by atoms with Gasteiger partial charge in [-0.15, -0.1) is 0 Å². The fourth-order valence-electron chi connectivity index (χ4n) is 4.20. The molecule has 0 radical (unpaired) electrons. The van der Waals surface area contributed by atoms with Crippen LogP contribution in [0.3, 0.4) is 0 Å². The molecule has 148 valence electrons. The lowest BCUT2D eigenvalue weighted by Crippen LogP contribution is -2.54. The van der Waals surface area contributed by atoms with E-state index in [0.29, 0.717) is 6.54 Å². The molecule has 1 aromatic carbocycles. The molecule has 2 aliphatic rings. The van der Waals surface area contributed by atoms with Gasteiger partial charge in [-0.25, -0.2) is 4.79 Å². The smallest absolute Gasteiger partial charge is 0.317 e. The van der Waals surface area contributed by atoms with Crippen LogP contribution >= 0.6 is 0 Å². The standard InChI is InChI=1S/C22H28N4O2/c27-21(26-14-12-25(13-15-26)20-6-10-23-11-7-20)24-18-22(8-16-28-17-9-22)19-4-2-1-3-5-19/h1-7,10-11H,8-9,12-18H2,(H,24,27). The maximum atomic E-state index is 12.8. The molecule has 3 heterocycles. The largest absolute Gasteiger partial charge is 0.381 e. The summed E-state index contributed by atoms with van der Waals surface area (Å²) in [6, 6.07) is 14.6. The normalized spacial score (nSPS) is 19.3. The van der Waals surface area contributed by atoms with E-state index in [1.165, 1.54) is 11.3 Å². The van der Waals surface area contributed by atoms with Gasteiger partial charge in [0, 0.05) is 69.4 Å². The van der Waals surface area contributed by atoms with Crippen molar-refractivity contribution in [2.45, 2.75) is 18.3 Å². The number of rotatable bonds is 4. The first kappa shape index (κ1) is 18.7. The van der Waals surface area contributed by atoms with Gasteiger partial charge in [-0.05, 0) is 30.5 Å². The highest BCUT2D eigenvalue weighted by Crippen LogP contribution is 2.34. The van der Waals surface area contributed by atoms with Crippen molar-refractivity contribution in [1.29, 1.82) is 0 Å². The van der Waals surface area contributed by atoms with Crippen molar-refractivity contribution in [3.63, 3.8) is 0 Å². The van der Waals surface area contributed by atoms with Crippen LogP contribution in [-0.2, 0) is 10.2 Å². The van der Waals surface area contributed by atoms with Gasteiger partial charge >= 0.3 is 6.03 Å². The number of anilines is 1. The summed E-state index contributed by atoms with van der Waals surface area (Å²) >= 11 is 0. The first-order valence-electron chi connectivity index (χ1n) is 10.1. The Morgan fingerprint density at radius 1 is 1.00 bits per heavy atom. The van der Waals surface area contributed by atoms with E-state index in [0.717, 1.165) is 52.2 Å². The van der Waals surface area contributed by atoms with Gasteiger partial charge in [-0.2, -0.15) is 0 Å². The Labute approximate surface area is 166 Å². The van der Waals surface area contributed by atoms with E-state index in [4.69, 9.17) is 4.74 Å². The van der Waals surface area contributed by atoms with Crippen LogP contribution in [0, 0.1) is 0 Å². The molecule has 2 amide bonds. The predicted molar refractivity (Wildman–Crippen MR) is 110 cm³/mol. The third kappa shape index (κ3) is 4.12. The van der Waals surface area contributed by atoms with Crippen LogP contribution in [0.25, 0.3) is 0 Å². The highest BCUT2D eigenvalue weighted by Gasteiger charge is 2.35. The zero-order chi connectivity index (χ0) is 19.2. The van der Waals surface area contributed by atoms with Crippen molar-refractivity contribution in [2.75, 3.05) is 50.8 Å². The fourth-order valence-corrected chi connectivity index (χ4v) is 4.20. The van der Waals surface area contributed by atoms with Crippen molar-refractivity contribution >= 4 is 11.7 Å². The van der Waals surface area contributed by atoms with E-state index in [1.807, 2.05) is 35.5 Å². The molecule has 0 bridgehead atoms. The number of nitrogens with one attached hydrogen (secondary N) is 1. The molecule has 0 saturated carbocycles. The first-order chi connectivity index (χ1) is 13.8. The second-order valence-electron chi connectivity index (χ2n) is 7.60. The molecule has 1 aromatic heterocycles. The van der Waals surface area contributed by atoms with E-state index >= 15 is 0 Å². The van der Waals surface area contributed by atoms with Gasteiger partial charge in [0.15, 0.2) is 0 Å². The van der Waals surface area contributed by atoms with Crippen LogP contribution in [0.2, 0.25) is 0 Å². The average molecular weight is 380 g/mol. The molecule has 0 spiro atoms. The molecule has 1 N–H and O–H groups in total. The van der Waals surface area contributed by atoms with Crippen molar-refractivity contribution in [2.24, 2.45) is 0 Å². The van der Waals surface area contributed by atoms with Crippen molar-refractivity contribution < 1.29 is 9.53 Å². The third-order valence-corrected chi connectivity index (χ3v) is 6.01. The Hall–Kier alpha value is -2.60. The Kier molecular flexibility index (Phi) is 5.76. The number of hydrogen-bond acceptors (Lipinski definition) is 4. The molecule has 28 heavy (non-hydrogen) atoms. The molecule has 0 atom stereocenters. The Balaban J connectivity index is 1.34. The van der Waals surface area contributed by atoms with Gasteiger partial charge < -0.3 is 19.9 Å². The molecular formula is C22H28N4O2. The minimum Gasteiger partial charge on any atom is -0.381 e. The van der Waals surface area contributed by atoms with E-state index in [1.54, 1.807) is 0 Å². The molecule has 2 aromatic rings. The number of aromatic nitrogens is 1. The number of carbonyl (C=O) groups is 1. The van der Waals surface area contributed by atoms with Gasteiger partial charge in [0.05, 0.1) is 0 Å². The summed E-state index contributed by atoms with van der Waals surface area (Å²) in [5.41, 5.74) is 2.43. The third-order valence-electron chi connectivity index (χ3n) is 6.01. The molecule has 2 fully saturated rings. The summed E-state index contributed by atoms with van der Waals surface area (Å²) in [5.74, 6) is 0. The van der Waals surface area contributed by atoms with Gasteiger partial charge in [-0.3, -0.25) is 4.98 Å². The number of carbonyl (C=O) groups excluding carboxylic acids is 1. The Morgan fingerprint density at radius 3 is 2.36 bits per heavy atom. The van der Waals surface area contributed by atoms with E-state index in [-0.39, 0.29) is 11.4 Å². The molecule has 2 aliphatic heterocycles. The second kappa shape index (κ2) is 8.61. The summed E-state index contributed by atoms with van der Waals surface area (Å²) in [4.78, 5) is 21.1. The van der Waals surface area contributed by atoms with Crippen LogP contribution in [0.1, 0.15) is 18.4 Å². The highest BCUT2D eigenvalue weighted by atomic mass is 16.5. The first-order valence-corrected chi connectivity index (χ1v) is 10.1. The van der Waals surface area contributed by atoms with Crippen LogP contribution in [0.4, 0.5) is 10.5 Å². The molecule has 6 nitrogen and oxygen atoms in total. The van der Waals surface area contributed by atoms with Gasteiger partial charge in [0.25, 0.3) is 0 Å². The minimum absolute atomic E-state index is 0.0337. The monoisotopic (exact) mass is 380 g/mol. The van der Waals surface area contributed by atoms with Crippen molar-refractivity contribution in [3.05, 3.63) is 60.4 Å². The van der Waals surface area contributed by atoms with Crippen molar-refractivity contribution in [3.8, 4) is 0 Å². The Morgan fingerprint density at radius 2 is 1.68 bits per heavy atom. The zero-order valence-electron chi connectivity index (χ0n) is 16.2. The molecule has 4 rings (SSSR count). The van der Waals surface area contributed by atoms with Crippen molar-refractivity contribution in [1.82, 2.24) is 15.2 Å². The number of benzene rings is 1. The number of nitrogens with zero attached hydrogens (tertiary/aromatic N) is 3. The van der Waals surface area contributed by atoms with E-state index in [2.05, 4.69) is 39.5 Å². The maximum absolute atomic E-state index is 12.8. The number of pyridine rings is 1. The SMILES string of the molecule is O=C(NCC1(c2ccccc2)CCOCC1)N1CCN(c2ccncc2)CC1. The lowest BCUT2D eigenvalue weighted by Gasteiger charge is -2.40.